The zero-order valence-corrected chi connectivity index (χ0v) is 17.0. The van der Waals surface area contributed by atoms with Gasteiger partial charge >= 0.3 is 11.9 Å². The molecule has 5 aliphatic rings. The number of carbonyl (C=O) groups excluding carboxylic acids is 2. The van der Waals surface area contributed by atoms with Gasteiger partial charge in [-0.2, -0.15) is 0 Å². The molecule has 2 spiro atoms. The van der Waals surface area contributed by atoms with Gasteiger partial charge in [-0.15, -0.1) is 0 Å². The van der Waals surface area contributed by atoms with E-state index in [1.807, 2.05) is 6.08 Å². The number of carbonyl (C=O) groups is 2. The molecule has 0 radical (unpaired) electrons. The first kappa shape index (κ1) is 18.5. The molecule has 6 heteroatoms. The summed E-state index contributed by atoms with van der Waals surface area (Å²) in [7, 11) is 0. The zero-order valence-electron chi connectivity index (χ0n) is 17.0. The minimum absolute atomic E-state index is 0.0123. The van der Waals surface area contributed by atoms with Gasteiger partial charge in [0.25, 0.3) is 0 Å². The third-order valence-electron chi connectivity index (χ3n) is 8.56. The number of hydrogen-bond acceptors (Lipinski definition) is 6. The van der Waals surface area contributed by atoms with Gasteiger partial charge in [0.15, 0.2) is 0 Å². The fraction of sp³-hybridized carbons (Fsp3) is 0.818. The topological polar surface area (TPSA) is 71.1 Å². The van der Waals surface area contributed by atoms with Gasteiger partial charge in [-0.25, -0.2) is 0 Å². The van der Waals surface area contributed by atoms with Crippen molar-refractivity contribution < 1.29 is 28.5 Å². The number of rotatable bonds is 2. The van der Waals surface area contributed by atoms with Crippen molar-refractivity contribution in [2.75, 3.05) is 13.2 Å². The van der Waals surface area contributed by atoms with E-state index >= 15 is 0 Å². The Morgan fingerprint density at radius 1 is 1.29 bits per heavy atom. The van der Waals surface area contributed by atoms with Crippen LogP contribution in [0.4, 0.5) is 0 Å². The Morgan fingerprint density at radius 2 is 2.11 bits per heavy atom. The molecular weight excluding hydrogens is 360 g/mol. The van der Waals surface area contributed by atoms with Crippen LogP contribution in [0.1, 0.15) is 59.3 Å². The minimum Gasteiger partial charge on any atom is -0.498 e. The van der Waals surface area contributed by atoms with E-state index in [0.717, 1.165) is 38.5 Å². The zero-order chi connectivity index (χ0) is 19.8. The first-order valence-electron chi connectivity index (χ1n) is 10.6. The van der Waals surface area contributed by atoms with E-state index in [-0.39, 0.29) is 29.9 Å². The molecule has 0 N–H and O–H groups in total. The molecule has 3 heterocycles. The molecule has 0 aromatic rings. The normalized spacial score (nSPS) is 51.2. The average molecular weight is 390 g/mol. The van der Waals surface area contributed by atoms with Crippen LogP contribution in [0.25, 0.3) is 0 Å². The van der Waals surface area contributed by atoms with Crippen molar-refractivity contribution in [1.82, 2.24) is 0 Å². The Bertz CT molecular complexity index is 747. The first-order valence-corrected chi connectivity index (χ1v) is 10.6. The van der Waals surface area contributed by atoms with Crippen molar-refractivity contribution in [1.29, 1.82) is 0 Å². The second-order valence-corrected chi connectivity index (χ2v) is 9.94. The summed E-state index contributed by atoms with van der Waals surface area (Å²) in [5.74, 6) is -0.159. The van der Waals surface area contributed by atoms with Gasteiger partial charge in [0.1, 0.15) is 24.9 Å². The van der Waals surface area contributed by atoms with Gasteiger partial charge in [-0.05, 0) is 51.0 Å². The predicted octanol–water partition coefficient (Wildman–Crippen LogP) is 3.14. The molecule has 7 atom stereocenters. The van der Waals surface area contributed by atoms with Crippen LogP contribution < -0.4 is 0 Å². The Labute approximate surface area is 165 Å². The first-order chi connectivity index (χ1) is 13.3. The molecule has 6 nitrogen and oxygen atoms in total. The smallest absolute Gasteiger partial charge is 0.312 e. The molecule has 5 rings (SSSR count). The highest BCUT2D eigenvalue weighted by Crippen LogP contribution is 2.70. The van der Waals surface area contributed by atoms with Crippen molar-refractivity contribution in [3.05, 3.63) is 12.3 Å². The second-order valence-electron chi connectivity index (χ2n) is 9.94. The lowest BCUT2D eigenvalue weighted by atomic mass is 9.43. The SMILES string of the molecule is CC(=O)OCC12CCCC3(C)C(=O)OC(CC(C)C14CCC1(C=COC1)O4)C32. The Kier molecular flexibility index (Phi) is 3.79. The van der Waals surface area contributed by atoms with E-state index in [9.17, 15) is 9.59 Å². The van der Waals surface area contributed by atoms with E-state index in [0.29, 0.717) is 13.2 Å². The molecule has 0 aromatic heterocycles. The summed E-state index contributed by atoms with van der Waals surface area (Å²) >= 11 is 0. The van der Waals surface area contributed by atoms with Crippen LogP contribution >= 0.6 is 0 Å². The summed E-state index contributed by atoms with van der Waals surface area (Å²) in [6, 6.07) is 0. The summed E-state index contributed by atoms with van der Waals surface area (Å²) in [6.07, 6.45) is 8.85. The highest BCUT2D eigenvalue weighted by molar-refractivity contribution is 5.80. The number of esters is 2. The van der Waals surface area contributed by atoms with Crippen LogP contribution in [0.5, 0.6) is 0 Å². The number of hydrogen-bond donors (Lipinski definition) is 0. The van der Waals surface area contributed by atoms with Gasteiger partial charge in [-0.1, -0.05) is 13.3 Å². The highest BCUT2D eigenvalue weighted by Gasteiger charge is 2.76. The fourth-order valence-corrected chi connectivity index (χ4v) is 7.42. The molecule has 154 valence electrons. The van der Waals surface area contributed by atoms with E-state index in [1.54, 1.807) is 6.26 Å². The lowest BCUT2D eigenvalue weighted by molar-refractivity contribution is -0.265. The maximum absolute atomic E-state index is 12.9. The fourth-order valence-electron chi connectivity index (χ4n) is 7.42. The van der Waals surface area contributed by atoms with Crippen LogP contribution in [0.15, 0.2) is 12.3 Å². The molecule has 0 bridgehead atoms. The van der Waals surface area contributed by atoms with Crippen molar-refractivity contribution in [2.45, 2.75) is 76.6 Å². The maximum Gasteiger partial charge on any atom is 0.312 e. The molecule has 7 unspecified atom stereocenters. The van der Waals surface area contributed by atoms with Crippen molar-refractivity contribution in [3.8, 4) is 0 Å². The summed E-state index contributed by atoms with van der Waals surface area (Å²) in [6.45, 7) is 6.54. The molecule has 2 saturated carbocycles. The maximum atomic E-state index is 12.9. The summed E-state index contributed by atoms with van der Waals surface area (Å²) in [5, 5.41) is 0. The summed E-state index contributed by atoms with van der Waals surface area (Å²) in [4.78, 5) is 24.7. The molecule has 4 fully saturated rings. The third kappa shape index (κ3) is 2.13. The molecule has 28 heavy (non-hydrogen) atoms. The van der Waals surface area contributed by atoms with Crippen LogP contribution in [-0.4, -0.2) is 42.5 Å². The van der Waals surface area contributed by atoms with Gasteiger partial charge in [0, 0.05) is 18.3 Å². The summed E-state index contributed by atoms with van der Waals surface area (Å²) in [5.41, 5.74) is -1.80. The molecule has 3 aliphatic heterocycles. The standard InChI is InChI=1S/C22H30O6/c1-14-11-16-17-19(3,18(24)27-16)5-4-6-21(17,13-26-15(2)23)22(14)8-7-20(28-22)9-10-25-12-20/h9-10,14,16-17H,4-8,11-13H2,1-3H3. The van der Waals surface area contributed by atoms with Crippen LogP contribution in [0.2, 0.25) is 0 Å². The molecule has 0 aromatic carbocycles. The van der Waals surface area contributed by atoms with E-state index in [4.69, 9.17) is 18.9 Å². The van der Waals surface area contributed by atoms with Crippen LogP contribution in [0.3, 0.4) is 0 Å². The molecular formula is C22H30O6. The Hall–Kier alpha value is -1.56. The van der Waals surface area contributed by atoms with E-state index in [2.05, 4.69) is 13.8 Å². The highest BCUT2D eigenvalue weighted by atomic mass is 16.6. The van der Waals surface area contributed by atoms with Crippen LogP contribution in [-0.2, 0) is 28.5 Å². The molecule has 2 aliphatic carbocycles. The number of ether oxygens (including phenoxy) is 4. The van der Waals surface area contributed by atoms with Gasteiger partial charge in [0.05, 0.1) is 17.3 Å². The van der Waals surface area contributed by atoms with Crippen LogP contribution in [0, 0.1) is 22.7 Å². The van der Waals surface area contributed by atoms with E-state index < -0.39 is 22.0 Å². The quantitative estimate of drug-likeness (QED) is 0.675. The lowest BCUT2D eigenvalue weighted by Crippen LogP contribution is -2.68. The Morgan fingerprint density at radius 3 is 2.82 bits per heavy atom. The predicted molar refractivity (Wildman–Crippen MR) is 99.0 cm³/mol. The average Bonchev–Trinajstić information content (AvgIpc) is 3.32. The summed E-state index contributed by atoms with van der Waals surface area (Å²) < 4.78 is 24.2. The Balaban J connectivity index is 1.64. The lowest BCUT2D eigenvalue weighted by Gasteiger charge is -2.62. The van der Waals surface area contributed by atoms with E-state index in [1.165, 1.54) is 6.92 Å². The second kappa shape index (κ2) is 5.74. The monoisotopic (exact) mass is 390 g/mol. The third-order valence-corrected chi connectivity index (χ3v) is 8.56. The van der Waals surface area contributed by atoms with Crippen molar-refractivity contribution in [3.63, 3.8) is 0 Å². The molecule has 0 amide bonds. The van der Waals surface area contributed by atoms with Crippen molar-refractivity contribution in [2.24, 2.45) is 22.7 Å². The van der Waals surface area contributed by atoms with Gasteiger partial charge in [0.2, 0.25) is 0 Å². The van der Waals surface area contributed by atoms with Gasteiger partial charge in [-0.3, -0.25) is 9.59 Å². The minimum atomic E-state index is -0.530. The number of fused-ring (bicyclic) bond motifs is 1. The molecule has 2 saturated heterocycles. The van der Waals surface area contributed by atoms with Gasteiger partial charge < -0.3 is 18.9 Å². The van der Waals surface area contributed by atoms with Crippen molar-refractivity contribution >= 4 is 11.9 Å². The largest absolute Gasteiger partial charge is 0.498 e.